The molecule has 0 spiro atoms. The minimum atomic E-state index is -0.692. The first-order valence-corrected chi connectivity index (χ1v) is 13.3. The molecule has 0 N–H and O–H groups in total. The Hall–Kier alpha value is -1.10. The molecule has 0 bridgehead atoms. The van der Waals surface area contributed by atoms with E-state index >= 15 is 0 Å². The summed E-state index contributed by atoms with van der Waals surface area (Å²) >= 11 is 0. The molecule has 0 aliphatic carbocycles. The maximum absolute atomic E-state index is 13.5. The lowest BCUT2D eigenvalue weighted by Crippen LogP contribution is -2.51. The number of rotatable bonds is 13. The van der Waals surface area contributed by atoms with Crippen LogP contribution in [0.15, 0.2) is 0 Å². The molecule has 0 aromatic rings. The molecule has 0 aliphatic heterocycles. The van der Waals surface area contributed by atoms with Gasteiger partial charge in [-0.25, -0.2) is 0 Å². The van der Waals surface area contributed by atoms with Crippen LogP contribution in [0.3, 0.4) is 0 Å². The van der Waals surface area contributed by atoms with Crippen molar-refractivity contribution in [2.24, 2.45) is 33.0 Å². The van der Waals surface area contributed by atoms with Crippen LogP contribution < -0.4 is 0 Å². The second kappa shape index (κ2) is 12.2. The summed E-state index contributed by atoms with van der Waals surface area (Å²) in [5.41, 5.74) is -1.77. The van der Waals surface area contributed by atoms with Gasteiger partial charge in [0.05, 0.1) is 17.9 Å². The second-order valence-electron chi connectivity index (χ2n) is 13.6. The molecule has 5 nitrogen and oxygen atoms in total. The standard InChI is InChI=1S/C29H57NO4/c1-15-30(16-2)18-19-34-23(31)22(20-25(4,5)6)28(12,13)27(10,11)21-29(14,26(7,8)9)24(32)33-17-3/h22H,15-21H2,1-14H3. The highest BCUT2D eigenvalue weighted by atomic mass is 16.5. The third kappa shape index (κ3) is 8.53. The number of hydrogen-bond acceptors (Lipinski definition) is 5. The third-order valence-electron chi connectivity index (χ3n) is 8.44. The summed E-state index contributed by atoms with van der Waals surface area (Å²) in [5, 5.41) is 0. The molecule has 202 valence electrons. The van der Waals surface area contributed by atoms with Crippen molar-refractivity contribution in [3.05, 3.63) is 0 Å². The van der Waals surface area contributed by atoms with Crippen LogP contribution in [0.4, 0.5) is 0 Å². The Morgan fingerprint density at radius 1 is 0.794 bits per heavy atom. The molecular formula is C29H57NO4. The van der Waals surface area contributed by atoms with E-state index in [1.807, 2.05) is 13.8 Å². The number of carbonyl (C=O) groups is 2. The molecule has 0 heterocycles. The molecule has 2 atom stereocenters. The van der Waals surface area contributed by atoms with E-state index in [1.54, 1.807) is 0 Å². The number of hydrogen-bond donors (Lipinski definition) is 0. The molecule has 0 saturated heterocycles. The molecular weight excluding hydrogens is 426 g/mol. The van der Waals surface area contributed by atoms with Crippen LogP contribution in [0.1, 0.15) is 110 Å². The van der Waals surface area contributed by atoms with Gasteiger partial charge < -0.3 is 14.4 Å². The normalized spacial score (nSPS) is 16.2. The first-order valence-electron chi connectivity index (χ1n) is 13.3. The van der Waals surface area contributed by atoms with E-state index in [2.05, 4.69) is 88.0 Å². The average Bonchev–Trinajstić information content (AvgIpc) is 2.67. The van der Waals surface area contributed by atoms with Gasteiger partial charge in [-0.1, -0.05) is 83.1 Å². The molecule has 2 unspecified atom stereocenters. The van der Waals surface area contributed by atoms with E-state index in [9.17, 15) is 9.59 Å². The lowest BCUT2D eigenvalue weighted by molar-refractivity contribution is -0.170. The number of likely N-dealkylation sites (N-methyl/N-ethyl adjacent to an activating group) is 1. The van der Waals surface area contributed by atoms with Crippen LogP contribution >= 0.6 is 0 Å². The highest BCUT2D eigenvalue weighted by Gasteiger charge is 2.55. The Balaban J connectivity index is 6.11. The van der Waals surface area contributed by atoms with Gasteiger partial charge in [0.2, 0.25) is 0 Å². The Kier molecular flexibility index (Phi) is 11.8. The van der Waals surface area contributed by atoms with Crippen molar-refractivity contribution in [1.82, 2.24) is 4.90 Å². The molecule has 0 aromatic heterocycles. The van der Waals surface area contributed by atoms with Crippen molar-refractivity contribution in [2.75, 3.05) is 32.8 Å². The van der Waals surface area contributed by atoms with Gasteiger partial charge >= 0.3 is 11.9 Å². The summed E-state index contributed by atoms with van der Waals surface area (Å²) in [4.78, 5) is 29.0. The monoisotopic (exact) mass is 483 g/mol. The lowest BCUT2D eigenvalue weighted by atomic mass is 9.51. The number of ether oxygens (including phenoxy) is 2. The van der Waals surface area contributed by atoms with Gasteiger partial charge in [-0.3, -0.25) is 9.59 Å². The van der Waals surface area contributed by atoms with Gasteiger partial charge in [-0.05, 0) is 61.4 Å². The number of nitrogens with zero attached hydrogens (tertiary/aromatic N) is 1. The zero-order chi connectivity index (χ0) is 27.2. The zero-order valence-electron chi connectivity index (χ0n) is 25.1. The van der Waals surface area contributed by atoms with Crippen molar-refractivity contribution in [1.29, 1.82) is 0 Å². The Morgan fingerprint density at radius 2 is 1.29 bits per heavy atom. The van der Waals surface area contributed by atoms with Crippen molar-refractivity contribution >= 4 is 11.9 Å². The van der Waals surface area contributed by atoms with E-state index in [0.717, 1.165) is 26.1 Å². The molecule has 0 rings (SSSR count). The van der Waals surface area contributed by atoms with Gasteiger partial charge in [0.15, 0.2) is 0 Å². The molecule has 0 aromatic carbocycles. The predicted molar refractivity (Wildman–Crippen MR) is 143 cm³/mol. The molecule has 0 fully saturated rings. The smallest absolute Gasteiger partial charge is 0.312 e. The minimum Gasteiger partial charge on any atom is -0.466 e. The first kappa shape index (κ1) is 32.9. The average molecular weight is 484 g/mol. The van der Waals surface area contributed by atoms with Crippen LogP contribution in [0.25, 0.3) is 0 Å². The van der Waals surface area contributed by atoms with Crippen molar-refractivity contribution in [3.63, 3.8) is 0 Å². The highest BCUT2D eigenvalue weighted by Crippen LogP contribution is 2.57. The topological polar surface area (TPSA) is 55.8 Å². The maximum atomic E-state index is 13.5. The molecule has 0 aliphatic rings. The summed E-state index contributed by atoms with van der Waals surface area (Å²) in [6.07, 6.45) is 1.34. The summed E-state index contributed by atoms with van der Waals surface area (Å²) in [7, 11) is 0. The Bertz CT molecular complexity index is 650. The van der Waals surface area contributed by atoms with E-state index in [-0.39, 0.29) is 34.1 Å². The Morgan fingerprint density at radius 3 is 1.68 bits per heavy atom. The predicted octanol–water partition coefficient (Wildman–Crippen LogP) is 6.98. The highest BCUT2D eigenvalue weighted by molar-refractivity contribution is 5.77. The van der Waals surface area contributed by atoms with Crippen molar-refractivity contribution in [2.45, 2.75) is 110 Å². The summed E-state index contributed by atoms with van der Waals surface area (Å²) < 4.78 is 11.4. The molecule has 0 radical (unpaired) electrons. The largest absolute Gasteiger partial charge is 0.466 e. The minimum absolute atomic E-state index is 0.0373. The van der Waals surface area contributed by atoms with Crippen molar-refractivity contribution in [3.8, 4) is 0 Å². The van der Waals surface area contributed by atoms with Gasteiger partial charge in [0, 0.05) is 6.54 Å². The molecule has 34 heavy (non-hydrogen) atoms. The lowest BCUT2D eigenvalue weighted by Gasteiger charge is -2.52. The molecule has 0 saturated carbocycles. The Labute approximate surface area is 211 Å². The maximum Gasteiger partial charge on any atom is 0.312 e. The van der Waals surface area contributed by atoms with Crippen molar-refractivity contribution < 1.29 is 19.1 Å². The molecule has 5 heteroatoms. The van der Waals surface area contributed by atoms with Crippen LogP contribution in [0, 0.1) is 33.0 Å². The van der Waals surface area contributed by atoms with Gasteiger partial charge in [0.1, 0.15) is 6.61 Å². The van der Waals surface area contributed by atoms with Gasteiger partial charge in [-0.2, -0.15) is 0 Å². The number of carbonyl (C=O) groups excluding carboxylic acids is 2. The quantitative estimate of drug-likeness (QED) is 0.264. The fourth-order valence-electron chi connectivity index (χ4n) is 4.68. The van der Waals surface area contributed by atoms with Gasteiger partial charge in [-0.15, -0.1) is 0 Å². The van der Waals surface area contributed by atoms with E-state index in [4.69, 9.17) is 9.47 Å². The molecule has 0 amide bonds. The van der Waals surface area contributed by atoms with E-state index in [0.29, 0.717) is 19.6 Å². The summed E-state index contributed by atoms with van der Waals surface area (Å²) in [5.74, 6) is -0.583. The third-order valence-corrected chi connectivity index (χ3v) is 8.44. The van der Waals surface area contributed by atoms with Crippen LogP contribution in [0.2, 0.25) is 0 Å². The first-order chi connectivity index (χ1) is 15.2. The van der Waals surface area contributed by atoms with Crippen LogP contribution in [0.5, 0.6) is 0 Å². The fourth-order valence-corrected chi connectivity index (χ4v) is 4.68. The summed E-state index contributed by atoms with van der Waals surface area (Å²) in [6.45, 7) is 33.0. The SMILES string of the molecule is CCOC(=O)C(C)(CC(C)(C)C(C)(C)C(CC(C)(C)C)C(=O)OCCN(CC)CC)C(C)(C)C. The zero-order valence-corrected chi connectivity index (χ0v) is 25.1. The van der Waals surface area contributed by atoms with Gasteiger partial charge in [0.25, 0.3) is 0 Å². The fraction of sp³-hybridized carbons (Fsp3) is 0.931. The van der Waals surface area contributed by atoms with Crippen LogP contribution in [-0.2, 0) is 19.1 Å². The summed E-state index contributed by atoms with van der Waals surface area (Å²) in [6, 6.07) is 0. The second-order valence-corrected chi connectivity index (χ2v) is 13.6. The number of esters is 2. The van der Waals surface area contributed by atoms with E-state index < -0.39 is 10.8 Å². The van der Waals surface area contributed by atoms with Crippen LogP contribution in [-0.4, -0.2) is 49.7 Å². The van der Waals surface area contributed by atoms with E-state index in [1.165, 1.54) is 0 Å².